The molecule has 4 nitrogen and oxygen atoms in total. The van der Waals surface area contributed by atoms with Crippen LogP contribution in [0, 0.1) is 16.2 Å². The summed E-state index contributed by atoms with van der Waals surface area (Å²) in [5, 5.41) is 5.20. The summed E-state index contributed by atoms with van der Waals surface area (Å²) in [5.41, 5.74) is -0.818. The molecule has 0 saturated carbocycles. The van der Waals surface area contributed by atoms with Gasteiger partial charge in [0, 0.05) is 23.2 Å². The van der Waals surface area contributed by atoms with Crippen molar-refractivity contribution in [3.05, 3.63) is 40.5 Å². The predicted molar refractivity (Wildman–Crippen MR) is 53.1 cm³/mol. The number of nitroso groups, excluding NO2 is 2. The van der Waals surface area contributed by atoms with Crippen LogP contribution in [-0.2, 0) is 16.8 Å². The van der Waals surface area contributed by atoms with Crippen molar-refractivity contribution in [1.82, 2.24) is 0 Å². The van der Waals surface area contributed by atoms with E-state index in [2.05, 4.69) is 10.4 Å². The van der Waals surface area contributed by atoms with Crippen LogP contribution in [0.5, 0.6) is 0 Å². The molecule has 1 aliphatic rings. The number of nitrogens with zero attached hydrogens (tertiary/aromatic N) is 2. The van der Waals surface area contributed by atoms with Gasteiger partial charge in [-0.25, -0.2) is 0 Å². The third-order valence-electron chi connectivity index (χ3n) is 1.25. The van der Waals surface area contributed by atoms with E-state index in [-0.39, 0.29) is 23.3 Å². The molecular formula is C9H13CoN2O2. The fourth-order valence-corrected chi connectivity index (χ4v) is 0.508. The van der Waals surface area contributed by atoms with Crippen molar-refractivity contribution in [3.63, 3.8) is 0 Å². The molecule has 0 heterocycles. The zero-order chi connectivity index (χ0) is 10.2. The molecule has 2 radical (unpaired) electrons. The van der Waals surface area contributed by atoms with E-state index in [1.807, 2.05) is 30.7 Å². The first-order chi connectivity index (χ1) is 6.12. The van der Waals surface area contributed by atoms with Crippen molar-refractivity contribution in [2.45, 2.75) is 19.4 Å². The summed E-state index contributed by atoms with van der Waals surface area (Å²) in [6.45, 7) is 3.07. The number of allylic oxidation sites excluding steroid dienone is 4. The molecule has 0 unspecified atom stereocenters. The van der Waals surface area contributed by atoms with E-state index in [0.717, 1.165) is 0 Å². The molecule has 0 fully saturated rings. The average molecular weight is 240 g/mol. The van der Waals surface area contributed by atoms with Gasteiger partial charge in [0.1, 0.15) is 12.1 Å². The summed E-state index contributed by atoms with van der Waals surface area (Å²) in [5.74, 6) is 0. The van der Waals surface area contributed by atoms with E-state index in [0.29, 0.717) is 0 Å². The Hall–Kier alpha value is -0.814. The van der Waals surface area contributed by atoms with Crippen LogP contribution >= 0.6 is 0 Å². The van der Waals surface area contributed by atoms with Gasteiger partial charge < -0.3 is 0 Å². The monoisotopic (exact) mass is 240 g/mol. The van der Waals surface area contributed by atoms with Crippen molar-refractivity contribution in [2.75, 3.05) is 6.54 Å². The van der Waals surface area contributed by atoms with Crippen LogP contribution in [0.3, 0.4) is 0 Å². The first-order valence-electron chi connectivity index (χ1n) is 3.93. The van der Waals surface area contributed by atoms with E-state index in [1.54, 1.807) is 13.8 Å². The van der Waals surface area contributed by atoms with Gasteiger partial charge in [-0.1, -0.05) is 34.7 Å². The van der Waals surface area contributed by atoms with E-state index in [4.69, 9.17) is 0 Å². The van der Waals surface area contributed by atoms with Crippen molar-refractivity contribution >= 4 is 0 Å². The maximum Gasteiger partial charge on any atom is 0.120 e. The molecule has 1 aliphatic carbocycles. The van der Waals surface area contributed by atoms with Crippen LogP contribution in [0.25, 0.3) is 0 Å². The number of rotatable bonds is 3. The van der Waals surface area contributed by atoms with Gasteiger partial charge in [0.15, 0.2) is 0 Å². The minimum absolute atomic E-state index is 0. The van der Waals surface area contributed by atoms with Gasteiger partial charge in [0.2, 0.25) is 0 Å². The Labute approximate surface area is 94.0 Å². The predicted octanol–water partition coefficient (Wildman–Crippen LogP) is 2.61. The molecule has 0 bridgehead atoms. The van der Waals surface area contributed by atoms with Crippen molar-refractivity contribution in [3.8, 4) is 0 Å². The Balaban J connectivity index is 0. The minimum Gasteiger partial charge on any atom is -0.151 e. The second kappa shape index (κ2) is 8.77. The second-order valence-electron chi connectivity index (χ2n) is 3.15. The Morgan fingerprint density at radius 1 is 1.07 bits per heavy atom. The number of hydrogen-bond donors (Lipinski definition) is 0. The van der Waals surface area contributed by atoms with E-state index in [9.17, 15) is 9.81 Å². The molecule has 0 atom stereocenters. The minimum atomic E-state index is -0.818. The zero-order valence-electron chi connectivity index (χ0n) is 8.14. The van der Waals surface area contributed by atoms with Crippen LogP contribution in [0.15, 0.2) is 34.7 Å². The Morgan fingerprint density at radius 2 is 1.57 bits per heavy atom. The Bertz CT molecular complexity index is 215. The molecule has 0 N–H and O–H groups in total. The molecule has 0 aromatic heterocycles. The van der Waals surface area contributed by atoms with Gasteiger partial charge in [0.25, 0.3) is 0 Å². The fourth-order valence-electron chi connectivity index (χ4n) is 0.508. The number of hydrogen-bond acceptors (Lipinski definition) is 4. The fraction of sp³-hybridized carbons (Fsp3) is 0.444. The third-order valence-corrected chi connectivity index (χ3v) is 1.25. The smallest absolute Gasteiger partial charge is 0.120 e. The SMILES string of the molecule is CC(C)(CN=O)N=O.[CH]1C=CC=C1.[Co]. The van der Waals surface area contributed by atoms with Crippen LogP contribution in [0.2, 0.25) is 0 Å². The first kappa shape index (κ1) is 15.6. The topological polar surface area (TPSA) is 58.9 Å². The largest absolute Gasteiger partial charge is 0.151 e. The van der Waals surface area contributed by atoms with Gasteiger partial charge in [-0.15, -0.1) is 0 Å². The van der Waals surface area contributed by atoms with Gasteiger partial charge in [0.05, 0.1) is 0 Å². The van der Waals surface area contributed by atoms with Gasteiger partial charge in [-0.2, -0.15) is 9.81 Å². The summed E-state index contributed by atoms with van der Waals surface area (Å²) >= 11 is 0. The maximum atomic E-state index is 9.77. The van der Waals surface area contributed by atoms with Gasteiger partial charge in [-0.05, 0) is 13.8 Å². The molecule has 80 valence electrons. The standard InChI is InChI=1S/C5H5.C4H8N2O2.Co/c1-2-4-5-3-1;1-4(2,6-8)3-5-7;/h1-5H;3H2,1-2H3;. The first-order valence-corrected chi connectivity index (χ1v) is 3.93. The summed E-state index contributed by atoms with van der Waals surface area (Å²) in [6, 6.07) is 0. The van der Waals surface area contributed by atoms with Crippen molar-refractivity contribution in [1.29, 1.82) is 0 Å². The van der Waals surface area contributed by atoms with E-state index >= 15 is 0 Å². The van der Waals surface area contributed by atoms with Crippen LogP contribution in [0.4, 0.5) is 0 Å². The van der Waals surface area contributed by atoms with Crippen molar-refractivity contribution in [2.24, 2.45) is 10.4 Å². The quantitative estimate of drug-likeness (QED) is 0.712. The molecule has 1 rings (SSSR count). The Kier molecular flexibility index (Phi) is 9.80. The maximum absolute atomic E-state index is 9.77. The molecule has 0 aromatic rings. The molecule has 14 heavy (non-hydrogen) atoms. The van der Waals surface area contributed by atoms with Gasteiger partial charge >= 0.3 is 0 Å². The summed E-state index contributed by atoms with van der Waals surface area (Å²) in [7, 11) is 0. The molecular weight excluding hydrogens is 227 g/mol. The zero-order valence-corrected chi connectivity index (χ0v) is 9.18. The molecule has 0 saturated heterocycles. The van der Waals surface area contributed by atoms with Crippen LogP contribution < -0.4 is 0 Å². The van der Waals surface area contributed by atoms with E-state index < -0.39 is 5.54 Å². The summed E-state index contributed by atoms with van der Waals surface area (Å²) in [6.07, 6.45) is 10.0. The molecule has 0 aliphatic heterocycles. The van der Waals surface area contributed by atoms with E-state index in [1.165, 1.54) is 0 Å². The molecule has 0 amide bonds. The average Bonchev–Trinajstić information content (AvgIpc) is 2.61. The molecule has 5 heteroatoms. The Morgan fingerprint density at radius 3 is 1.71 bits per heavy atom. The normalized spacial score (nSPS) is 12.4. The molecule has 0 aromatic carbocycles. The van der Waals surface area contributed by atoms with Gasteiger partial charge in [-0.3, -0.25) is 0 Å². The third kappa shape index (κ3) is 9.28. The summed E-state index contributed by atoms with van der Waals surface area (Å²) in [4.78, 5) is 19.3. The van der Waals surface area contributed by atoms with Crippen LogP contribution in [-0.4, -0.2) is 12.1 Å². The van der Waals surface area contributed by atoms with Crippen molar-refractivity contribution < 1.29 is 16.8 Å². The molecule has 0 spiro atoms. The van der Waals surface area contributed by atoms with Crippen LogP contribution in [0.1, 0.15) is 13.8 Å². The summed E-state index contributed by atoms with van der Waals surface area (Å²) < 4.78 is 0. The second-order valence-corrected chi connectivity index (χ2v) is 3.15.